The largest absolute Gasteiger partial charge is 0.339 e. The minimum atomic E-state index is 0.823. The third kappa shape index (κ3) is 2.62. The molecule has 1 aromatic carbocycles. The molecule has 0 fully saturated rings. The number of anilines is 2. The second-order valence-corrected chi connectivity index (χ2v) is 5.19. The highest BCUT2D eigenvalue weighted by molar-refractivity contribution is 9.10. The van der Waals surface area contributed by atoms with Gasteiger partial charge in [-0.2, -0.15) is 0 Å². The summed E-state index contributed by atoms with van der Waals surface area (Å²) in [5.41, 5.74) is 2.23. The Morgan fingerprint density at radius 2 is 2.00 bits per heavy atom. The van der Waals surface area contributed by atoms with Gasteiger partial charge in [0.05, 0.1) is 4.47 Å². The van der Waals surface area contributed by atoms with Crippen LogP contribution in [-0.4, -0.2) is 4.98 Å². The topological polar surface area (TPSA) is 24.9 Å². The second-order valence-electron chi connectivity index (χ2n) is 3.42. The standard InChI is InChI=1S/C12H10Br2N2/c1-8-4-5-9(13)7-11(8)16-12-10(14)3-2-6-15-12/h2-7H,1H3,(H,15,16). The number of pyridine rings is 1. The van der Waals surface area contributed by atoms with Crippen LogP contribution in [0.5, 0.6) is 0 Å². The van der Waals surface area contributed by atoms with Gasteiger partial charge in [0, 0.05) is 16.4 Å². The van der Waals surface area contributed by atoms with E-state index >= 15 is 0 Å². The molecule has 82 valence electrons. The molecule has 0 aliphatic carbocycles. The maximum absolute atomic E-state index is 4.27. The summed E-state index contributed by atoms with van der Waals surface area (Å²) in [6.45, 7) is 2.06. The van der Waals surface area contributed by atoms with Crippen molar-refractivity contribution in [2.45, 2.75) is 6.92 Å². The maximum Gasteiger partial charge on any atom is 0.144 e. The van der Waals surface area contributed by atoms with Gasteiger partial charge < -0.3 is 5.32 Å². The summed E-state index contributed by atoms with van der Waals surface area (Å²) in [5.74, 6) is 0.823. The number of nitrogens with zero attached hydrogens (tertiary/aromatic N) is 1. The number of benzene rings is 1. The summed E-state index contributed by atoms with van der Waals surface area (Å²) < 4.78 is 2.00. The lowest BCUT2D eigenvalue weighted by atomic mass is 10.2. The third-order valence-corrected chi connectivity index (χ3v) is 3.34. The smallest absolute Gasteiger partial charge is 0.144 e. The van der Waals surface area contributed by atoms with E-state index in [4.69, 9.17) is 0 Å². The zero-order valence-electron chi connectivity index (χ0n) is 8.67. The fourth-order valence-electron chi connectivity index (χ4n) is 1.33. The van der Waals surface area contributed by atoms with Crippen molar-refractivity contribution in [3.8, 4) is 0 Å². The molecule has 0 bridgehead atoms. The monoisotopic (exact) mass is 340 g/mol. The Bertz CT molecular complexity index is 512. The molecule has 0 saturated carbocycles. The van der Waals surface area contributed by atoms with Gasteiger partial charge >= 0.3 is 0 Å². The number of hydrogen-bond donors (Lipinski definition) is 1. The van der Waals surface area contributed by atoms with Crippen LogP contribution in [0.4, 0.5) is 11.5 Å². The Morgan fingerprint density at radius 1 is 1.19 bits per heavy atom. The summed E-state index contributed by atoms with van der Waals surface area (Å²) >= 11 is 6.92. The molecule has 2 aromatic rings. The number of nitrogens with one attached hydrogen (secondary N) is 1. The van der Waals surface area contributed by atoms with Crippen molar-refractivity contribution < 1.29 is 0 Å². The van der Waals surface area contributed by atoms with Crippen LogP contribution in [0, 0.1) is 6.92 Å². The summed E-state index contributed by atoms with van der Waals surface area (Å²) in [5, 5.41) is 3.29. The van der Waals surface area contributed by atoms with Crippen molar-refractivity contribution >= 4 is 43.4 Å². The van der Waals surface area contributed by atoms with Gasteiger partial charge in [-0.05, 0) is 52.7 Å². The molecule has 0 unspecified atom stereocenters. The van der Waals surface area contributed by atoms with Gasteiger partial charge in [0.25, 0.3) is 0 Å². The molecule has 0 spiro atoms. The zero-order chi connectivity index (χ0) is 11.5. The molecular weight excluding hydrogens is 332 g/mol. The number of aryl methyl sites for hydroxylation is 1. The number of hydrogen-bond acceptors (Lipinski definition) is 2. The maximum atomic E-state index is 4.27. The SMILES string of the molecule is Cc1ccc(Br)cc1Nc1ncccc1Br. The highest BCUT2D eigenvalue weighted by Gasteiger charge is 2.03. The predicted octanol–water partition coefficient (Wildman–Crippen LogP) is 4.66. The molecule has 0 atom stereocenters. The molecule has 0 aliphatic heterocycles. The van der Waals surface area contributed by atoms with Crippen LogP contribution in [0.15, 0.2) is 45.5 Å². The average Bonchev–Trinajstić information content (AvgIpc) is 2.27. The molecular formula is C12H10Br2N2. The van der Waals surface area contributed by atoms with E-state index in [0.717, 1.165) is 20.5 Å². The van der Waals surface area contributed by atoms with Gasteiger partial charge in [-0.25, -0.2) is 4.98 Å². The molecule has 0 saturated heterocycles. The second kappa shape index (κ2) is 4.97. The van der Waals surface area contributed by atoms with Crippen LogP contribution in [0.2, 0.25) is 0 Å². The molecule has 16 heavy (non-hydrogen) atoms. The highest BCUT2D eigenvalue weighted by atomic mass is 79.9. The molecule has 1 N–H and O–H groups in total. The van der Waals surface area contributed by atoms with Crippen molar-refractivity contribution in [2.24, 2.45) is 0 Å². The third-order valence-electron chi connectivity index (χ3n) is 2.21. The number of rotatable bonds is 2. The summed E-state index contributed by atoms with van der Waals surface area (Å²) in [6, 6.07) is 9.97. The molecule has 4 heteroatoms. The molecule has 1 heterocycles. The van der Waals surface area contributed by atoms with E-state index in [1.807, 2.05) is 24.3 Å². The fourth-order valence-corrected chi connectivity index (χ4v) is 2.05. The quantitative estimate of drug-likeness (QED) is 0.859. The first-order chi connectivity index (χ1) is 7.66. The highest BCUT2D eigenvalue weighted by Crippen LogP contribution is 2.27. The van der Waals surface area contributed by atoms with Gasteiger partial charge in [-0.1, -0.05) is 22.0 Å². The van der Waals surface area contributed by atoms with E-state index in [-0.39, 0.29) is 0 Å². The summed E-state index contributed by atoms with van der Waals surface area (Å²) in [4.78, 5) is 4.27. The molecule has 2 rings (SSSR count). The van der Waals surface area contributed by atoms with Crippen molar-refractivity contribution in [1.29, 1.82) is 0 Å². The first-order valence-corrected chi connectivity index (χ1v) is 6.39. The van der Waals surface area contributed by atoms with Crippen LogP contribution in [0.1, 0.15) is 5.56 Å². The average molecular weight is 342 g/mol. The van der Waals surface area contributed by atoms with Crippen LogP contribution < -0.4 is 5.32 Å². The van der Waals surface area contributed by atoms with Crippen molar-refractivity contribution in [2.75, 3.05) is 5.32 Å². The first-order valence-electron chi connectivity index (χ1n) is 4.80. The van der Waals surface area contributed by atoms with Crippen molar-refractivity contribution in [3.63, 3.8) is 0 Å². The normalized spacial score (nSPS) is 10.2. The fraction of sp³-hybridized carbons (Fsp3) is 0.0833. The number of aromatic nitrogens is 1. The Balaban J connectivity index is 2.34. The Morgan fingerprint density at radius 3 is 2.75 bits per heavy atom. The van der Waals surface area contributed by atoms with Crippen LogP contribution in [-0.2, 0) is 0 Å². The van der Waals surface area contributed by atoms with E-state index in [2.05, 4.69) is 55.2 Å². The predicted molar refractivity (Wildman–Crippen MR) is 74.1 cm³/mol. The molecule has 2 nitrogen and oxygen atoms in total. The van der Waals surface area contributed by atoms with Crippen LogP contribution >= 0.6 is 31.9 Å². The van der Waals surface area contributed by atoms with Crippen LogP contribution in [0.3, 0.4) is 0 Å². The Kier molecular flexibility index (Phi) is 3.61. The lowest BCUT2D eigenvalue weighted by Gasteiger charge is -2.10. The van der Waals surface area contributed by atoms with Crippen molar-refractivity contribution in [1.82, 2.24) is 4.98 Å². The van der Waals surface area contributed by atoms with E-state index in [1.165, 1.54) is 5.56 Å². The number of halogens is 2. The van der Waals surface area contributed by atoms with Gasteiger partial charge in [0.1, 0.15) is 5.82 Å². The molecule has 1 aromatic heterocycles. The van der Waals surface area contributed by atoms with E-state index in [9.17, 15) is 0 Å². The molecule has 0 aliphatic rings. The Hall–Kier alpha value is -0.870. The van der Waals surface area contributed by atoms with Crippen LogP contribution in [0.25, 0.3) is 0 Å². The molecule has 0 radical (unpaired) electrons. The lowest BCUT2D eigenvalue weighted by molar-refractivity contribution is 1.28. The minimum absolute atomic E-state index is 0.823. The van der Waals surface area contributed by atoms with Gasteiger partial charge in [0.15, 0.2) is 0 Å². The van der Waals surface area contributed by atoms with E-state index in [0.29, 0.717) is 0 Å². The Labute approximate surface area is 111 Å². The zero-order valence-corrected chi connectivity index (χ0v) is 11.8. The lowest BCUT2D eigenvalue weighted by Crippen LogP contribution is -1.96. The van der Waals surface area contributed by atoms with Gasteiger partial charge in [-0.3, -0.25) is 0 Å². The molecule has 0 amide bonds. The first kappa shape index (κ1) is 11.6. The van der Waals surface area contributed by atoms with E-state index in [1.54, 1.807) is 6.20 Å². The summed E-state index contributed by atoms with van der Waals surface area (Å²) in [6.07, 6.45) is 1.76. The van der Waals surface area contributed by atoms with E-state index < -0.39 is 0 Å². The van der Waals surface area contributed by atoms with Gasteiger partial charge in [0.2, 0.25) is 0 Å². The van der Waals surface area contributed by atoms with Crippen molar-refractivity contribution in [3.05, 3.63) is 51.0 Å². The summed E-state index contributed by atoms with van der Waals surface area (Å²) in [7, 11) is 0. The van der Waals surface area contributed by atoms with Gasteiger partial charge in [-0.15, -0.1) is 0 Å². The minimum Gasteiger partial charge on any atom is -0.339 e.